The molecule has 31 heavy (non-hydrogen) atoms. The van der Waals surface area contributed by atoms with Gasteiger partial charge in [-0.3, -0.25) is 0 Å². The Bertz CT molecular complexity index is 1070. The first-order valence-corrected chi connectivity index (χ1v) is 12.3. The Morgan fingerprint density at radius 2 is 1.87 bits per heavy atom. The number of aromatic nitrogens is 2. The number of hydrogen-bond acceptors (Lipinski definition) is 6. The zero-order valence-corrected chi connectivity index (χ0v) is 19.8. The molecule has 0 amide bonds. The van der Waals surface area contributed by atoms with E-state index in [9.17, 15) is 22.7 Å². The van der Waals surface area contributed by atoms with Gasteiger partial charge in [-0.25, -0.2) is 12.8 Å². The third-order valence-electron chi connectivity index (χ3n) is 4.47. The number of aliphatic hydroxyl groups excluding tert-OH is 1. The molecule has 0 bridgehead atoms. The zero-order valence-electron chi connectivity index (χ0n) is 17.7. The van der Waals surface area contributed by atoms with E-state index < -0.39 is 21.9 Å². The van der Waals surface area contributed by atoms with Crippen molar-refractivity contribution in [3.63, 3.8) is 0 Å². The van der Waals surface area contributed by atoms with Crippen LogP contribution in [0.3, 0.4) is 0 Å². The molecular formula is C21H25CrFN3O4S. The minimum absolute atomic E-state index is 0.0223. The van der Waals surface area contributed by atoms with Crippen LogP contribution in [0.2, 0.25) is 5.28 Å². The summed E-state index contributed by atoms with van der Waals surface area (Å²) >= 11 is 2.68. The quantitative estimate of drug-likeness (QED) is 0.547. The van der Waals surface area contributed by atoms with E-state index in [0.29, 0.717) is 27.8 Å². The van der Waals surface area contributed by atoms with Crippen molar-refractivity contribution in [3.05, 3.63) is 47.4 Å². The molecule has 0 radical (unpaired) electrons. The molecule has 1 aromatic carbocycles. The fraction of sp³-hybridized carbons (Fsp3) is 0.381. The van der Waals surface area contributed by atoms with E-state index in [1.807, 2.05) is 13.8 Å². The first-order valence-electron chi connectivity index (χ1n) is 9.52. The number of aliphatic hydroxyl groups is 1. The van der Waals surface area contributed by atoms with E-state index in [4.69, 9.17) is 0 Å². The van der Waals surface area contributed by atoms with Crippen molar-refractivity contribution in [1.82, 2.24) is 9.97 Å². The molecule has 0 aliphatic rings. The van der Waals surface area contributed by atoms with Gasteiger partial charge in [0, 0.05) is 0 Å². The normalized spacial score (nSPS) is 13.0. The van der Waals surface area contributed by atoms with Gasteiger partial charge in [-0.15, -0.1) is 0 Å². The number of hydrogen-bond donors (Lipinski definition) is 1. The van der Waals surface area contributed by atoms with Crippen LogP contribution < -0.4 is 4.31 Å². The summed E-state index contributed by atoms with van der Waals surface area (Å²) in [4.78, 5) is 21.1. The molecule has 167 valence electrons. The standard InChI is InChI=1S/C21H25FN3O4S.Cr/c1-13(2)19-18(11-10-17(27)12-14(3)26)20(15-6-8-16(22)9-7-15)24-21(23-19)25(4)30(5,28)29;/h6-11,13-14,26H,3,12H2,1-2,4-5H3;/b11-10+;/t14-;/m0./s1. The van der Waals surface area contributed by atoms with Crippen molar-refractivity contribution in [2.75, 3.05) is 17.6 Å². The van der Waals surface area contributed by atoms with Gasteiger partial charge in [-0.1, -0.05) is 0 Å². The monoisotopic (exact) mass is 486 g/mol. The number of rotatable bonds is 9. The Balaban J connectivity index is 2.70. The van der Waals surface area contributed by atoms with E-state index in [1.165, 1.54) is 37.4 Å². The summed E-state index contributed by atoms with van der Waals surface area (Å²) in [6, 6.07) is 5.61. The van der Waals surface area contributed by atoms with Crippen LogP contribution in [-0.4, -0.2) is 48.7 Å². The average Bonchev–Trinajstić information content (AvgIpc) is 2.70. The predicted molar refractivity (Wildman–Crippen MR) is 114 cm³/mol. The molecule has 0 aliphatic carbocycles. The molecule has 0 saturated carbocycles. The molecule has 10 heteroatoms. The van der Waals surface area contributed by atoms with Crippen LogP contribution in [0.25, 0.3) is 17.3 Å². The van der Waals surface area contributed by atoms with Crippen molar-refractivity contribution in [2.24, 2.45) is 0 Å². The summed E-state index contributed by atoms with van der Waals surface area (Å²) < 4.78 is 38.5. The number of sulfonamides is 1. The molecular weight excluding hydrogens is 461 g/mol. The number of allylic oxidation sites excluding steroid dienone is 1. The number of carbonyl (C=O) groups is 1. The van der Waals surface area contributed by atoms with Gasteiger partial charge < -0.3 is 0 Å². The number of carbonyl (C=O) groups excluding carboxylic acids is 1. The molecule has 1 atom stereocenters. The molecule has 0 unspecified atom stereocenters. The molecule has 1 N–H and O–H groups in total. The molecule has 0 spiro atoms. The molecule has 0 fully saturated rings. The van der Waals surface area contributed by atoms with Gasteiger partial charge in [0.15, 0.2) is 0 Å². The van der Waals surface area contributed by atoms with Gasteiger partial charge in [0.25, 0.3) is 0 Å². The average molecular weight is 487 g/mol. The van der Waals surface area contributed by atoms with Crippen LogP contribution in [0.5, 0.6) is 0 Å². The third-order valence-corrected chi connectivity index (χ3v) is 6.23. The number of anilines is 1. The Kier molecular flexibility index (Phi) is 8.49. The Morgan fingerprint density at radius 1 is 1.26 bits per heavy atom. The summed E-state index contributed by atoms with van der Waals surface area (Å²) in [5.41, 5.74) is 1.98. The Labute approximate surface area is 190 Å². The van der Waals surface area contributed by atoms with Crippen LogP contribution in [0.15, 0.2) is 30.3 Å². The second-order valence-corrected chi connectivity index (χ2v) is 9.92. The summed E-state index contributed by atoms with van der Waals surface area (Å²) in [5.74, 6) is -0.849. The van der Waals surface area contributed by atoms with Crippen molar-refractivity contribution in [2.45, 2.75) is 37.6 Å². The van der Waals surface area contributed by atoms with Gasteiger partial charge in [-0.05, 0) is 0 Å². The topological polar surface area (TPSA) is 100 Å². The van der Waals surface area contributed by atoms with E-state index in [2.05, 4.69) is 26.3 Å². The second-order valence-electron chi connectivity index (χ2n) is 7.39. The fourth-order valence-corrected chi connectivity index (χ4v) is 3.29. The minimum atomic E-state index is -3.61. The second kappa shape index (κ2) is 10.5. The van der Waals surface area contributed by atoms with Crippen molar-refractivity contribution in [1.29, 1.82) is 0 Å². The zero-order chi connectivity index (χ0) is 23.3. The van der Waals surface area contributed by atoms with Crippen LogP contribution in [0, 0.1) is 5.82 Å². The van der Waals surface area contributed by atoms with Gasteiger partial charge in [0.1, 0.15) is 0 Å². The van der Waals surface area contributed by atoms with Crippen LogP contribution in [0.1, 0.15) is 37.4 Å². The molecule has 0 saturated heterocycles. The summed E-state index contributed by atoms with van der Waals surface area (Å²) in [5, 5.41) is 10.0. The Hall–Kier alpha value is -2.12. The number of ketones is 1. The number of nitrogens with zero attached hydrogens (tertiary/aromatic N) is 3. The molecule has 2 rings (SSSR count). The van der Waals surface area contributed by atoms with E-state index in [1.54, 1.807) is 6.08 Å². The maximum absolute atomic E-state index is 13.5. The van der Waals surface area contributed by atoms with Gasteiger partial charge in [0.05, 0.1) is 6.26 Å². The number of halogens is 1. The predicted octanol–water partition coefficient (Wildman–Crippen LogP) is 3.10. The Morgan fingerprint density at radius 3 is 2.39 bits per heavy atom. The van der Waals surface area contributed by atoms with Crippen LogP contribution in [-0.2, 0) is 31.1 Å². The maximum atomic E-state index is 13.5. The van der Waals surface area contributed by atoms with Gasteiger partial charge in [0.2, 0.25) is 0 Å². The molecule has 1 aromatic heterocycles. The molecule has 2 aromatic rings. The molecule has 7 nitrogen and oxygen atoms in total. The number of benzene rings is 1. The van der Waals surface area contributed by atoms with Crippen LogP contribution in [0.4, 0.5) is 10.3 Å². The first-order chi connectivity index (χ1) is 14.4. The van der Waals surface area contributed by atoms with Crippen LogP contribution >= 0.6 is 0 Å². The molecule has 1 heterocycles. The third kappa shape index (κ3) is 6.68. The summed E-state index contributed by atoms with van der Waals surface area (Å²) in [6.07, 6.45) is 3.14. The van der Waals surface area contributed by atoms with E-state index in [0.717, 1.165) is 10.6 Å². The summed E-state index contributed by atoms with van der Waals surface area (Å²) in [7, 11) is -2.26. The van der Waals surface area contributed by atoms with E-state index >= 15 is 0 Å². The van der Waals surface area contributed by atoms with Crippen molar-refractivity contribution < 1.29 is 39.0 Å². The molecule has 0 aliphatic heterocycles. The summed E-state index contributed by atoms with van der Waals surface area (Å²) in [6.45, 7) is 3.77. The van der Waals surface area contributed by atoms with Gasteiger partial charge >= 0.3 is 172 Å². The fourth-order valence-electron chi connectivity index (χ4n) is 2.73. The van der Waals surface area contributed by atoms with Gasteiger partial charge in [-0.2, -0.15) is 0 Å². The van der Waals surface area contributed by atoms with Crippen molar-refractivity contribution >= 4 is 27.8 Å². The van der Waals surface area contributed by atoms with Crippen molar-refractivity contribution in [3.8, 4) is 11.3 Å². The first kappa shape index (κ1) is 25.1. The van der Waals surface area contributed by atoms with E-state index in [-0.39, 0.29) is 24.1 Å². The SMILES string of the molecule is CC(C)c1nc(N(C)S(C)(=O)=O)nc(-c2ccc(F)cc2)c1/C=C/C(=O)C[C@@H](O)[CH2][Cr].